The van der Waals surface area contributed by atoms with E-state index in [1.807, 2.05) is 0 Å². The predicted molar refractivity (Wildman–Crippen MR) is 47.0 cm³/mol. The Kier molecular flexibility index (Phi) is 1.48. The quantitative estimate of drug-likeness (QED) is 0.592. The Morgan fingerprint density at radius 3 is 3.00 bits per heavy atom. The molecule has 0 aliphatic carbocycles. The second-order valence-electron chi connectivity index (χ2n) is 2.68. The lowest BCUT2D eigenvalue weighted by atomic mass is 10.1. The first-order valence-corrected chi connectivity index (χ1v) is 3.93. The number of hydrogen-bond acceptors (Lipinski definition) is 2. The second-order valence-corrected chi connectivity index (χ2v) is 3.06. The number of benzene rings is 1. The van der Waals surface area contributed by atoms with Gasteiger partial charge in [0.15, 0.2) is 0 Å². The highest BCUT2D eigenvalue weighted by molar-refractivity contribution is 6.34. The lowest BCUT2D eigenvalue weighted by Crippen LogP contribution is -2.12. The Labute approximate surface area is 74.5 Å². The third-order valence-corrected chi connectivity index (χ3v) is 2.39. The maximum atomic E-state index is 11.1. The highest BCUT2D eigenvalue weighted by Crippen LogP contribution is 2.29. The molecule has 0 aromatic heterocycles. The fraction of sp³-hybridized carbons (Fsp3) is 0.125. The van der Waals surface area contributed by atoms with Crippen molar-refractivity contribution in [2.75, 3.05) is 5.73 Å². The summed E-state index contributed by atoms with van der Waals surface area (Å²) in [6.07, 6.45) is 0. The van der Waals surface area contributed by atoms with Crippen LogP contribution in [0.3, 0.4) is 0 Å². The summed E-state index contributed by atoms with van der Waals surface area (Å²) in [5.74, 6) is -0.0769. The summed E-state index contributed by atoms with van der Waals surface area (Å²) in [6.45, 7) is 0.484. The van der Waals surface area contributed by atoms with E-state index in [1.165, 1.54) is 0 Å². The number of fused-ring (bicyclic) bond motifs is 1. The lowest BCUT2D eigenvalue weighted by Gasteiger charge is -2.01. The summed E-state index contributed by atoms with van der Waals surface area (Å²) in [5.41, 5.74) is 7.53. The molecular formula is C8H7ClN2O. The maximum absolute atomic E-state index is 11.1. The van der Waals surface area contributed by atoms with Crippen LogP contribution in [0.1, 0.15) is 15.9 Å². The number of nitrogen functional groups attached to an aromatic ring is 1. The number of hydrogen-bond donors (Lipinski definition) is 2. The smallest absolute Gasteiger partial charge is 0.251 e. The van der Waals surface area contributed by atoms with Crippen LogP contribution in [0.2, 0.25) is 5.02 Å². The molecule has 0 spiro atoms. The predicted octanol–water partition coefficient (Wildman–Crippen LogP) is 1.17. The van der Waals surface area contributed by atoms with Gasteiger partial charge in [0.2, 0.25) is 0 Å². The number of anilines is 1. The Morgan fingerprint density at radius 1 is 1.50 bits per heavy atom. The Morgan fingerprint density at radius 2 is 2.25 bits per heavy atom. The van der Waals surface area contributed by atoms with Gasteiger partial charge in [0.05, 0.1) is 10.7 Å². The second kappa shape index (κ2) is 2.38. The van der Waals surface area contributed by atoms with Gasteiger partial charge in [-0.25, -0.2) is 0 Å². The molecule has 1 aliphatic heterocycles. The third kappa shape index (κ3) is 0.865. The van der Waals surface area contributed by atoms with E-state index in [1.54, 1.807) is 12.1 Å². The number of nitrogens with one attached hydrogen (secondary N) is 1. The number of amides is 1. The summed E-state index contributed by atoms with van der Waals surface area (Å²) in [4.78, 5) is 11.1. The molecule has 0 atom stereocenters. The highest BCUT2D eigenvalue weighted by Gasteiger charge is 2.21. The van der Waals surface area contributed by atoms with Crippen molar-refractivity contribution in [1.82, 2.24) is 5.32 Å². The molecule has 1 aromatic rings. The van der Waals surface area contributed by atoms with Crippen molar-refractivity contribution in [3.63, 3.8) is 0 Å². The van der Waals surface area contributed by atoms with Crippen molar-refractivity contribution in [3.8, 4) is 0 Å². The van der Waals surface area contributed by atoms with Gasteiger partial charge in [-0.3, -0.25) is 4.79 Å². The van der Waals surface area contributed by atoms with E-state index in [0.717, 1.165) is 5.56 Å². The van der Waals surface area contributed by atoms with E-state index in [4.69, 9.17) is 17.3 Å². The van der Waals surface area contributed by atoms with Gasteiger partial charge in [-0.1, -0.05) is 11.6 Å². The minimum Gasteiger partial charge on any atom is -0.398 e. The molecule has 0 radical (unpaired) electrons. The van der Waals surface area contributed by atoms with E-state index >= 15 is 0 Å². The number of carbonyl (C=O) groups excluding carboxylic acids is 1. The van der Waals surface area contributed by atoms with Crippen molar-refractivity contribution >= 4 is 23.2 Å². The number of rotatable bonds is 0. The fourth-order valence-corrected chi connectivity index (χ4v) is 1.52. The average Bonchev–Trinajstić information content (AvgIpc) is 2.41. The van der Waals surface area contributed by atoms with Gasteiger partial charge < -0.3 is 11.1 Å². The average molecular weight is 183 g/mol. The van der Waals surface area contributed by atoms with Crippen LogP contribution >= 0.6 is 11.6 Å². The number of carbonyl (C=O) groups is 1. The Hall–Kier alpha value is -1.22. The van der Waals surface area contributed by atoms with Crippen LogP contribution in [-0.4, -0.2) is 5.91 Å². The number of nitrogens with two attached hydrogens (primary N) is 1. The molecule has 0 saturated carbocycles. The van der Waals surface area contributed by atoms with Crippen molar-refractivity contribution in [1.29, 1.82) is 0 Å². The summed E-state index contributed by atoms with van der Waals surface area (Å²) >= 11 is 5.89. The van der Waals surface area contributed by atoms with Crippen LogP contribution < -0.4 is 11.1 Å². The fourth-order valence-electron chi connectivity index (χ4n) is 1.29. The molecular weight excluding hydrogens is 176 g/mol. The topological polar surface area (TPSA) is 55.1 Å². The molecule has 0 unspecified atom stereocenters. The molecule has 3 nitrogen and oxygen atoms in total. The largest absolute Gasteiger partial charge is 0.398 e. The molecule has 0 bridgehead atoms. The number of halogens is 1. The van der Waals surface area contributed by atoms with Gasteiger partial charge in [0, 0.05) is 17.7 Å². The van der Waals surface area contributed by atoms with Crippen LogP contribution in [0.25, 0.3) is 0 Å². The first-order chi connectivity index (χ1) is 5.70. The minimum absolute atomic E-state index is 0.0769. The molecule has 1 heterocycles. The van der Waals surface area contributed by atoms with E-state index in [2.05, 4.69) is 5.32 Å². The summed E-state index contributed by atoms with van der Waals surface area (Å²) in [7, 11) is 0. The first kappa shape index (κ1) is 7.43. The van der Waals surface area contributed by atoms with Crippen LogP contribution in [0.4, 0.5) is 5.69 Å². The van der Waals surface area contributed by atoms with E-state index in [-0.39, 0.29) is 5.91 Å². The summed E-state index contributed by atoms with van der Waals surface area (Å²) in [5, 5.41) is 3.17. The molecule has 3 N–H and O–H groups in total. The molecule has 0 fully saturated rings. The van der Waals surface area contributed by atoms with Crippen LogP contribution in [0, 0.1) is 0 Å². The van der Waals surface area contributed by atoms with E-state index in [0.29, 0.717) is 22.8 Å². The standard InChI is InChI=1S/C8H7ClN2O/c9-7-5-3-11-8(12)4(5)1-2-6(7)10/h1-2H,3,10H2,(H,11,12). The minimum atomic E-state index is -0.0769. The molecule has 2 rings (SSSR count). The van der Waals surface area contributed by atoms with Gasteiger partial charge in [0.1, 0.15) is 0 Å². The maximum Gasteiger partial charge on any atom is 0.251 e. The molecule has 1 amide bonds. The van der Waals surface area contributed by atoms with Gasteiger partial charge >= 0.3 is 0 Å². The molecule has 1 aromatic carbocycles. The third-order valence-electron chi connectivity index (χ3n) is 1.94. The van der Waals surface area contributed by atoms with Gasteiger partial charge in [-0.2, -0.15) is 0 Å². The highest BCUT2D eigenvalue weighted by atomic mass is 35.5. The molecule has 4 heteroatoms. The normalized spacial score (nSPS) is 14.2. The van der Waals surface area contributed by atoms with Crippen LogP contribution in [0.15, 0.2) is 12.1 Å². The van der Waals surface area contributed by atoms with Crippen molar-refractivity contribution < 1.29 is 4.79 Å². The zero-order chi connectivity index (χ0) is 8.72. The summed E-state index contributed by atoms with van der Waals surface area (Å²) < 4.78 is 0. The molecule has 1 aliphatic rings. The first-order valence-electron chi connectivity index (χ1n) is 3.55. The summed E-state index contributed by atoms with van der Waals surface area (Å²) in [6, 6.07) is 3.34. The van der Waals surface area contributed by atoms with Crippen LogP contribution in [-0.2, 0) is 6.54 Å². The van der Waals surface area contributed by atoms with E-state index < -0.39 is 0 Å². The Balaban J connectivity index is 2.68. The van der Waals surface area contributed by atoms with Gasteiger partial charge in [-0.15, -0.1) is 0 Å². The van der Waals surface area contributed by atoms with Gasteiger partial charge in [0.25, 0.3) is 5.91 Å². The van der Waals surface area contributed by atoms with Crippen LogP contribution in [0.5, 0.6) is 0 Å². The van der Waals surface area contributed by atoms with E-state index in [9.17, 15) is 4.79 Å². The zero-order valence-corrected chi connectivity index (χ0v) is 6.98. The lowest BCUT2D eigenvalue weighted by molar-refractivity contribution is 0.0966. The SMILES string of the molecule is Nc1ccc2c(c1Cl)CNC2=O. The van der Waals surface area contributed by atoms with Gasteiger partial charge in [-0.05, 0) is 12.1 Å². The van der Waals surface area contributed by atoms with Crippen molar-refractivity contribution in [3.05, 3.63) is 28.3 Å². The van der Waals surface area contributed by atoms with Crippen molar-refractivity contribution in [2.24, 2.45) is 0 Å². The zero-order valence-electron chi connectivity index (χ0n) is 6.23. The molecule has 0 saturated heterocycles. The Bertz CT molecular complexity index is 362. The monoisotopic (exact) mass is 182 g/mol. The van der Waals surface area contributed by atoms with Crippen molar-refractivity contribution in [2.45, 2.75) is 6.54 Å². The molecule has 62 valence electrons. The molecule has 12 heavy (non-hydrogen) atoms.